The van der Waals surface area contributed by atoms with E-state index in [1.54, 1.807) is 6.08 Å². The van der Waals surface area contributed by atoms with Gasteiger partial charge in [-0.15, -0.1) is 0 Å². The molecule has 3 nitrogen and oxygen atoms in total. The zero-order valence-electron chi connectivity index (χ0n) is 12.3. The molecular weight excluding hydrogens is 250 g/mol. The highest BCUT2D eigenvalue weighted by molar-refractivity contribution is 5.85. The number of hydrogen-bond donors (Lipinski definition) is 1. The quantitative estimate of drug-likeness (QED) is 0.853. The average Bonchev–Trinajstić information content (AvgIpc) is 2.61. The molecule has 0 spiro atoms. The van der Waals surface area contributed by atoms with E-state index in [2.05, 4.69) is 30.9 Å². The van der Waals surface area contributed by atoms with Crippen LogP contribution in [-0.4, -0.2) is 24.2 Å². The number of nitrogens with zero attached hydrogens (tertiary/aromatic N) is 1. The zero-order valence-corrected chi connectivity index (χ0v) is 12.3. The molecule has 1 fully saturated rings. The number of benzene rings is 1. The molecule has 1 aromatic rings. The van der Waals surface area contributed by atoms with Crippen molar-refractivity contribution in [3.05, 3.63) is 35.4 Å². The summed E-state index contributed by atoms with van der Waals surface area (Å²) < 4.78 is 0. The third kappa shape index (κ3) is 3.86. The van der Waals surface area contributed by atoms with Crippen LogP contribution in [-0.2, 0) is 4.79 Å². The summed E-state index contributed by atoms with van der Waals surface area (Å²) >= 11 is 0. The summed E-state index contributed by atoms with van der Waals surface area (Å²) in [5.41, 5.74) is 3.44. The number of carboxylic acid groups (broad SMARTS) is 1. The van der Waals surface area contributed by atoms with Gasteiger partial charge < -0.3 is 10.0 Å². The summed E-state index contributed by atoms with van der Waals surface area (Å²) in [6, 6.07) is 6.17. The van der Waals surface area contributed by atoms with E-state index in [1.807, 2.05) is 6.07 Å². The zero-order chi connectivity index (χ0) is 14.5. The maximum atomic E-state index is 10.5. The van der Waals surface area contributed by atoms with Gasteiger partial charge in [0, 0.05) is 24.9 Å². The average molecular weight is 273 g/mol. The molecule has 0 amide bonds. The van der Waals surface area contributed by atoms with Crippen LogP contribution >= 0.6 is 0 Å². The van der Waals surface area contributed by atoms with Crippen molar-refractivity contribution in [1.29, 1.82) is 0 Å². The van der Waals surface area contributed by atoms with Crippen molar-refractivity contribution in [3.8, 4) is 0 Å². The van der Waals surface area contributed by atoms with E-state index >= 15 is 0 Å². The minimum atomic E-state index is -0.909. The second kappa shape index (κ2) is 6.60. The Hall–Kier alpha value is -1.77. The molecule has 1 saturated heterocycles. The molecule has 1 aliphatic rings. The van der Waals surface area contributed by atoms with E-state index in [-0.39, 0.29) is 0 Å². The molecule has 1 aliphatic heterocycles. The Morgan fingerprint density at radius 1 is 1.35 bits per heavy atom. The smallest absolute Gasteiger partial charge is 0.328 e. The lowest BCUT2D eigenvalue weighted by molar-refractivity contribution is -0.131. The van der Waals surface area contributed by atoms with Crippen LogP contribution in [0.25, 0.3) is 6.08 Å². The van der Waals surface area contributed by atoms with Crippen LogP contribution in [0.4, 0.5) is 5.69 Å². The van der Waals surface area contributed by atoms with Crippen molar-refractivity contribution < 1.29 is 9.90 Å². The minimum Gasteiger partial charge on any atom is -0.478 e. The van der Waals surface area contributed by atoms with Gasteiger partial charge in [0.25, 0.3) is 0 Å². The van der Waals surface area contributed by atoms with Crippen LogP contribution in [0.3, 0.4) is 0 Å². The largest absolute Gasteiger partial charge is 0.478 e. The van der Waals surface area contributed by atoms with Crippen LogP contribution in [0.1, 0.15) is 37.3 Å². The van der Waals surface area contributed by atoms with Gasteiger partial charge >= 0.3 is 5.97 Å². The van der Waals surface area contributed by atoms with E-state index in [4.69, 9.17) is 5.11 Å². The molecular formula is C17H23NO2. The highest BCUT2D eigenvalue weighted by Gasteiger charge is 2.15. The molecule has 0 aromatic heterocycles. The number of carboxylic acids is 1. The lowest BCUT2D eigenvalue weighted by atomic mass is 10.0. The summed E-state index contributed by atoms with van der Waals surface area (Å²) in [4.78, 5) is 13.0. The molecule has 1 atom stereocenters. The van der Waals surface area contributed by atoms with Crippen LogP contribution in [0, 0.1) is 12.8 Å². The normalized spacial score (nSPS) is 20.1. The molecule has 1 aromatic carbocycles. The van der Waals surface area contributed by atoms with E-state index in [0.717, 1.165) is 24.6 Å². The second-order valence-corrected chi connectivity index (χ2v) is 5.74. The summed E-state index contributed by atoms with van der Waals surface area (Å²) in [5.74, 6) is -0.0914. The van der Waals surface area contributed by atoms with Crippen molar-refractivity contribution in [2.24, 2.45) is 5.92 Å². The SMILES string of the molecule is Cc1cc(C=CC(=O)O)ccc1N1CCCC(C)CC1. The van der Waals surface area contributed by atoms with Crippen LogP contribution < -0.4 is 4.90 Å². The molecule has 0 radical (unpaired) electrons. The Bertz CT molecular complexity index is 508. The third-order valence-electron chi connectivity index (χ3n) is 4.00. The lowest BCUT2D eigenvalue weighted by Crippen LogP contribution is -2.24. The molecule has 1 unspecified atom stereocenters. The van der Waals surface area contributed by atoms with Gasteiger partial charge in [-0.2, -0.15) is 0 Å². The number of aryl methyl sites for hydroxylation is 1. The molecule has 1 N–H and O–H groups in total. The van der Waals surface area contributed by atoms with Crippen molar-refractivity contribution in [3.63, 3.8) is 0 Å². The first-order chi connectivity index (χ1) is 9.56. The summed E-state index contributed by atoms with van der Waals surface area (Å²) in [6.45, 7) is 6.67. The van der Waals surface area contributed by atoms with Crippen molar-refractivity contribution in [1.82, 2.24) is 0 Å². The molecule has 20 heavy (non-hydrogen) atoms. The van der Waals surface area contributed by atoms with Crippen molar-refractivity contribution >= 4 is 17.7 Å². The van der Waals surface area contributed by atoms with Crippen LogP contribution in [0.2, 0.25) is 0 Å². The number of anilines is 1. The third-order valence-corrected chi connectivity index (χ3v) is 4.00. The van der Waals surface area contributed by atoms with Gasteiger partial charge in [-0.1, -0.05) is 13.0 Å². The van der Waals surface area contributed by atoms with E-state index in [9.17, 15) is 4.79 Å². The minimum absolute atomic E-state index is 0.818. The summed E-state index contributed by atoms with van der Waals surface area (Å²) in [7, 11) is 0. The van der Waals surface area contributed by atoms with Crippen molar-refractivity contribution in [2.45, 2.75) is 33.1 Å². The molecule has 0 saturated carbocycles. The summed E-state index contributed by atoms with van der Waals surface area (Å²) in [5, 5.41) is 8.66. The maximum absolute atomic E-state index is 10.5. The Morgan fingerprint density at radius 3 is 2.85 bits per heavy atom. The van der Waals surface area contributed by atoms with Gasteiger partial charge in [-0.05, 0) is 61.4 Å². The molecule has 2 rings (SSSR count). The molecule has 108 valence electrons. The number of hydrogen-bond acceptors (Lipinski definition) is 2. The molecule has 1 heterocycles. The Labute approximate surface area is 120 Å². The number of aliphatic carboxylic acids is 1. The fourth-order valence-electron chi connectivity index (χ4n) is 2.81. The van der Waals surface area contributed by atoms with Gasteiger partial charge in [0.1, 0.15) is 0 Å². The van der Waals surface area contributed by atoms with Crippen LogP contribution in [0.15, 0.2) is 24.3 Å². The highest BCUT2D eigenvalue weighted by atomic mass is 16.4. The standard InChI is InChI=1S/C17H23NO2/c1-13-4-3-10-18(11-9-13)16-7-5-15(12-14(16)2)6-8-17(19)20/h5-8,12-13H,3-4,9-11H2,1-2H3,(H,19,20). The number of carbonyl (C=O) groups is 1. The predicted molar refractivity (Wildman–Crippen MR) is 83.1 cm³/mol. The predicted octanol–water partition coefficient (Wildman–Crippen LogP) is 3.72. The highest BCUT2D eigenvalue weighted by Crippen LogP contribution is 2.26. The van der Waals surface area contributed by atoms with Gasteiger partial charge in [-0.3, -0.25) is 0 Å². The van der Waals surface area contributed by atoms with E-state index in [0.29, 0.717) is 0 Å². The van der Waals surface area contributed by atoms with E-state index in [1.165, 1.54) is 36.6 Å². The Balaban J connectivity index is 2.14. The fraction of sp³-hybridized carbons (Fsp3) is 0.471. The van der Waals surface area contributed by atoms with Crippen molar-refractivity contribution in [2.75, 3.05) is 18.0 Å². The Morgan fingerprint density at radius 2 is 2.15 bits per heavy atom. The second-order valence-electron chi connectivity index (χ2n) is 5.74. The Kier molecular flexibility index (Phi) is 4.83. The van der Waals surface area contributed by atoms with Gasteiger partial charge in [0.15, 0.2) is 0 Å². The van der Waals surface area contributed by atoms with Gasteiger partial charge in [-0.25, -0.2) is 4.79 Å². The first kappa shape index (κ1) is 14.6. The fourth-order valence-corrected chi connectivity index (χ4v) is 2.81. The molecule has 0 aliphatic carbocycles. The monoisotopic (exact) mass is 273 g/mol. The lowest BCUT2D eigenvalue weighted by Gasteiger charge is -2.25. The first-order valence-electron chi connectivity index (χ1n) is 7.33. The van der Waals surface area contributed by atoms with Crippen LogP contribution in [0.5, 0.6) is 0 Å². The number of rotatable bonds is 3. The van der Waals surface area contributed by atoms with Gasteiger partial charge in [0.2, 0.25) is 0 Å². The summed E-state index contributed by atoms with van der Waals surface area (Å²) in [6.07, 6.45) is 6.64. The molecule has 3 heteroatoms. The maximum Gasteiger partial charge on any atom is 0.328 e. The first-order valence-corrected chi connectivity index (χ1v) is 7.33. The van der Waals surface area contributed by atoms with Gasteiger partial charge in [0.05, 0.1) is 0 Å². The molecule has 0 bridgehead atoms. The topological polar surface area (TPSA) is 40.5 Å². The van der Waals surface area contributed by atoms with E-state index < -0.39 is 5.97 Å².